The minimum Gasteiger partial charge on any atom is -0.481 e. The second-order valence-electron chi connectivity index (χ2n) is 20.3. The van der Waals surface area contributed by atoms with Crippen LogP contribution in [0.25, 0.3) is 0 Å². The van der Waals surface area contributed by atoms with Crippen LogP contribution in [0.15, 0.2) is 35.5 Å². The van der Waals surface area contributed by atoms with Crippen LogP contribution in [-0.4, -0.2) is 29.8 Å². The molecule has 49 heavy (non-hydrogen) atoms. The van der Waals surface area contributed by atoms with Crippen molar-refractivity contribution < 1.29 is 14.3 Å². The average Bonchev–Trinajstić information content (AvgIpc) is 3.45. The van der Waals surface area contributed by atoms with Crippen molar-refractivity contribution in [2.75, 3.05) is 13.2 Å². The van der Waals surface area contributed by atoms with Gasteiger partial charge in [0, 0.05) is 5.54 Å². The van der Waals surface area contributed by atoms with Gasteiger partial charge in [0.25, 0.3) is 0 Å². The molecule has 0 aromatic rings. The van der Waals surface area contributed by atoms with E-state index < -0.39 is 18.1 Å². The number of halogens is 1. The lowest BCUT2D eigenvalue weighted by Crippen LogP contribution is -2.68. The molecular formula is C45H70FNO2. The minimum absolute atomic E-state index is 0.0251. The van der Waals surface area contributed by atoms with Gasteiger partial charge in [-0.15, -0.1) is 0 Å². The van der Waals surface area contributed by atoms with Gasteiger partial charge >= 0.3 is 5.97 Å². The molecule has 0 saturated heterocycles. The maximum atomic E-state index is 14.0. The molecule has 7 rings (SSSR count). The van der Waals surface area contributed by atoms with Crippen molar-refractivity contribution in [1.82, 2.24) is 5.32 Å². The van der Waals surface area contributed by atoms with Gasteiger partial charge in [-0.2, -0.15) is 0 Å². The summed E-state index contributed by atoms with van der Waals surface area (Å²) in [6.45, 7) is 20.5. The summed E-state index contributed by atoms with van der Waals surface area (Å²) in [6, 6.07) is 0. The Balaban J connectivity index is 1.15. The van der Waals surface area contributed by atoms with Crippen LogP contribution < -0.4 is 5.32 Å². The van der Waals surface area contributed by atoms with Gasteiger partial charge in [-0.05, 0) is 165 Å². The lowest BCUT2D eigenvalue weighted by molar-refractivity contribution is -0.221. The molecule has 7 aliphatic carbocycles. The van der Waals surface area contributed by atoms with Crippen LogP contribution in [0.4, 0.5) is 4.39 Å². The molecule has 274 valence electrons. The van der Waals surface area contributed by atoms with Crippen LogP contribution in [0.3, 0.4) is 0 Å². The van der Waals surface area contributed by atoms with E-state index in [4.69, 9.17) is 0 Å². The molecule has 0 bridgehead atoms. The van der Waals surface area contributed by atoms with Gasteiger partial charge in [-0.3, -0.25) is 4.79 Å². The minimum atomic E-state index is -1.23. The van der Waals surface area contributed by atoms with Crippen LogP contribution in [-0.2, 0) is 4.79 Å². The molecule has 5 fully saturated rings. The lowest BCUT2D eigenvalue weighted by Gasteiger charge is -2.72. The average molecular weight is 676 g/mol. The molecule has 0 amide bonds. The number of carboxylic acid groups (broad SMARTS) is 1. The number of carboxylic acids is 1. The van der Waals surface area contributed by atoms with E-state index in [0.29, 0.717) is 59.3 Å². The smallest absolute Gasteiger partial charge is 0.312 e. The fourth-order valence-electron chi connectivity index (χ4n) is 15.1. The predicted octanol–water partition coefficient (Wildman–Crippen LogP) is 11.6. The fraction of sp³-hybridized carbons (Fsp3) is 0.844. The van der Waals surface area contributed by atoms with Gasteiger partial charge < -0.3 is 10.4 Å². The van der Waals surface area contributed by atoms with Crippen LogP contribution in [0.5, 0.6) is 0 Å². The molecule has 7 aliphatic rings. The molecule has 0 aromatic heterocycles. The Labute approximate surface area is 298 Å². The molecule has 2 N–H and O–H groups in total. The maximum absolute atomic E-state index is 14.0. The third-order valence-corrected chi connectivity index (χ3v) is 18.1. The van der Waals surface area contributed by atoms with E-state index in [1.807, 2.05) is 0 Å². The zero-order chi connectivity index (χ0) is 35.0. The van der Waals surface area contributed by atoms with Gasteiger partial charge in [0.15, 0.2) is 0 Å². The standard InChI is InChI=1S/C45H70FNO2/c1-30(2)33-17-25-45(47-28-20-31-11-9-8-10-12-31)27-26-42(6)35(38(33)45)13-14-37-41(5)21-18-34(40(3,4)36(41)19-22-43(37,42)7)32-15-23-44(29-46,24-16-32)39(48)49/h15,18,31,33,35-38,47H,1,8-14,16-17,19-29H2,2-7H3,(H,48,49)/t33-,35+,36-,37+,38+,41-,42+,43+,44-,45-/m0/s1. The summed E-state index contributed by atoms with van der Waals surface area (Å²) in [6.07, 6.45) is 26.4. The van der Waals surface area contributed by atoms with Crippen LogP contribution in [0.1, 0.15) is 157 Å². The number of hydrogen-bond acceptors (Lipinski definition) is 2. The predicted molar refractivity (Wildman–Crippen MR) is 200 cm³/mol. The van der Waals surface area contributed by atoms with E-state index >= 15 is 0 Å². The number of alkyl halides is 1. The SMILES string of the molecule is C=C(C)[C@@H]1CC[C@]2(NCCC3CCCCC3)CC[C@]3(C)[C@H](CC[C@@H]4[C@@]5(C)CC=C(C6=CC[C@](CF)(C(=O)O)CC6)C(C)(C)[C@@H]5CC[C@]43C)[C@@H]12. The number of rotatable bonds is 8. The Morgan fingerprint density at radius 3 is 2.29 bits per heavy atom. The first kappa shape index (κ1) is 36.0. The highest BCUT2D eigenvalue weighted by Crippen LogP contribution is 2.76. The number of hydrogen-bond donors (Lipinski definition) is 2. The Hall–Kier alpha value is -1.42. The molecule has 3 nitrogen and oxygen atoms in total. The molecule has 0 aliphatic heterocycles. The van der Waals surface area contributed by atoms with Crippen molar-refractivity contribution in [3.8, 4) is 0 Å². The maximum Gasteiger partial charge on any atom is 0.312 e. The normalized spacial score (nSPS) is 46.4. The highest BCUT2D eigenvalue weighted by molar-refractivity contribution is 5.75. The molecule has 0 aromatic carbocycles. The summed E-state index contributed by atoms with van der Waals surface area (Å²) in [7, 11) is 0. The third kappa shape index (κ3) is 5.35. The highest BCUT2D eigenvalue weighted by atomic mass is 19.1. The van der Waals surface area contributed by atoms with Crippen LogP contribution in [0.2, 0.25) is 0 Å². The van der Waals surface area contributed by atoms with Crippen molar-refractivity contribution in [2.24, 2.45) is 62.6 Å². The van der Waals surface area contributed by atoms with Crippen molar-refractivity contribution in [1.29, 1.82) is 0 Å². The fourth-order valence-corrected chi connectivity index (χ4v) is 15.1. The van der Waals surface area contributed by atoms with E-state index in [0.717, 1.165) is 18.3 Å². The second kappa shape index (κ2) is 12.6. The zero-order valence-corrected chi connectivity index (χ0v) is 32.2. The van der Waals surface area contributed by atoms with Crippen molar-refractivity contribution in [2.45, 2.75) is 163 Å². The number of nitrogens with one attached hydrogen (secondary N) is 1. The molecule has 0 unspecified atom stereocenters. The lowest BCUT2D eigenvalue weighted by atomic mass is 9.33. The van der Waals surface area contributed by atoms with E-state index in [9.17, 15) is 14.3 Å². The Bertz CT molecular complexity index is 1370. The molecule has 5 saturated carbocycles. The summed E-state index contributed by atoms with van der Waals surface area (Å²) in [5.41, 5.74) is 4.18. The molecule has 4 heteroatoms. The molecule has 0 spiro atoms. The number of fused-ring (bicyclic) bond motifs is 7. The van der Waals surface area contributed by atoms with E-state index in [1.54, 1.807) is 0 Å². The quantitative estimate of drug-likeness (QED) is 0.252. The Morgan fingerprint density at radius 1 is 0.878 bits per heavy atom. The summed E-state index contributed by atoms with van der Waals surface area (Å²) >= 11 is 0. The first-order chi connectivity index (χ1) is 23.2. The van der Waals surface area contributed by atoms with Gasteiger partial charge in [0.2, 0.25) is 0 Å². The van der Waals surface area contributed by atoms with Crippen molar-refractivity contribution in [3.05, 3.63) is 35.5 Å². The number of carbonyl (C=O) groups is 1. The molecular weight excluding hydrogens is 605 g/mol. The van der Waals surface area contributed by atoms with E-state index in [1.165, 1.54) is 113 Å². The van der Waals surface area contributed by atoms with Crippen LogP contribution in [0, 0.1) is 62.6 Å². The summed E-state index contributed by atoms with van der Waals surface area (Å²) in [5.74, 6) is 3.39. The third-order valence-electron chi connectivity index (χ3n) is 18.1. The van der Waals surface area contributed by atoms with Gasteiger partial charge in [-0.25, -0.2) is 4.39 Å². The van der Waals surface area contributed by atoms with Crippen LogP contribution >= 0.6 is 0 Å². The topological polar surface area (TPSA) is 49.3 Å². The number of allylic oxidation sites excluding steroid dienone is 5. The highest BCUT2D eigenvalue weighted by Gasteiger charge is 2.70. The molecule has 0 radical (unpaired) electrons. The van der Waals surface area contributed by atoms with Crippen molar-refractivity contribution in [3.63, 3.8) is 0 Å². The van der Waals surface area contributed by atoms with Gasteiger partial charge in [-0.1, -0.05) is 91.0 Å². The van der Waals surface area contributed by atoms with E-state index in [2.05, 4.69) is 65.6 Å². The zero-order valence-electron chi connectivity index (χ0n) is 32.2. The van der Waals surface area contributed by atoms with E-state index in [-0.39, 0.29) is 10.8 Å². The summed E-state index contributed by atoms with van der Waals surface area (Å²) in [4.78, 5) is 12.0. The van der Waals surface area contributed by atoms with Gasteiger partial charge in [0.05, 0.1) is 5.41 Å². The van der Waals surface area contributed by atoms with Crippen molar-refractivity contribution >= 4 is 5.97 Å². The molecule has 0 heterocycles. The van der Waals surface area contributed by atoms with Gasteiger partial charge in [0.1, 0.15) is 6.67 Å². The Morgan fingerprint density at radius 2 is 1.63 bits per heavy atom. The largest absolute Gasteiger partial charge is 0.481 e. The first-order valence-corrected chi connectivity index (χ1v) is 20.8. The first-order valence-electron chi connectivity index (χ1n) is 20.8. The second-order valence-corrected chi connectivity index (χ2v) is 20.3. The monoisotopic (exact) mass is 676 g/mol. The number of aliphatic carboxylic acids is 1. The summed E-state index contributed by atoms with van der Waals surface area (Å²) < 4.78 is 14.0. The summed E-state index contributed by atoms with van der Waals surface area (Å²) in [5, 5.41) is 14.2. The Kier molecular flexibility index (Phi) is 9.26. The molecule has 10 atom stereocenters.